The van der Waals surface area contributed by atoms with Crippen LogP contribution in [0.2, 0.25) is 0 Å². The molecular formula is C21H22FN5OS. The van der Waals surface area contributed by atoms with Gasteiger partial charge in [-0.2, -0.15) is 5.10 Å². The molecule has 8 heteroatoms. The lowest BCUT2D eigenvalue weighted by Crippen LogP contribution is -2.24. The number of aromatic nitrogens is 3. The van der Waals surface area contributed by atoms with Gasteiger partial charge in [0.05, 0.1) is 5.69 Å². The van der Waals surface area contributed by atoms with Crippen LogP contribution in [-0.2, 0) is 11.3 Å². The summed E-state index contributed by atoms with van der Waals surface area (Å²) in [5, 5.41) is 9.76. The van der Waals surface area contributed by atoms with Gasteiger partial charge < -0.3 is 10.2 Å². The van der Waals surface area contributed by atoms with E-state index < -0.39 is 5.82 Å². The van der Waals surface area contributed by atoms with Gasteiger partial charge in [0.1, 0.15) is 18.0 Å². The zero-order valence-corrected chi connectivity index (χ0v) is 16.9. The van der Waals surface area contributed by atoms with Gasteiger partial charge >= 0.3 is 0 Å². The summed E-state index contributed by atoms with van der Waals surface area (Å²) in [6.07, 6.45) is 2.13. The lowest BCUT2D eigenvalue weighted by molar-refractivity contribution is -0.116. The van der Waals surface area contributed by atoms with E-state index in [0.29, 0.717) is 16.3 Å². The van der Waals surface area contributed by atoms with Crippen molar-refractivity contribution >= 4 is 29.5 Å². The number of carbonyl (C=O) groups is 1. The Hall–Kier alpha value is -3.00. The lowest BCUT2D eigenvalue weighted by Gasteiger charge is -2.22. The van der Waals surface area contributed by atoms with Crippen molar-refractivity contribution in [3.05, 3.63) is 58.6 Å². The number of amides is 1. The predicted molar refractivity (Wildman–Crippen MR) is 114 cm³/mol. The molecule has 1 saturated heterocycles. The molecule has 4 rings (SSSR count). The number of halogens is 1. The van der Waals surface area contributed by atoms with Crippen LogP contribution in [0, 0.1) is 17.5 Å². The highest BCUT2D eigenvalue weighted by Gasteiger charge is 2.20. The molecule has 2 aromatic carbocycles. The molecule has 6 nitrogen and oxygen atoms in total. The maximum Gasteiger partial charge on any atom is 0.244 e. The first-order chi connectivity index (χ1) is 14.0. The van der Waals surface area contributed by atoms with Crippen LogP contribution in [-0.4, -0.2) is 33.8 Å². The van der Waals surface area contributed by atoms with E-state index in [9.17, 15) is 9.18 Å². The second kappa shape index (κ2) is 8.16. The molecule has 0 aliphatic carbocycles. The third-order valence-electron chi connectivity index (χ3n) is 5.04. The number of carbonyl (C=O) groups excluding carboxylic acids is 1. The standard InChI is InChI=1S/C21H22FN5OS/c1-14-6-4-7-15(12-14)20-24-25-21(29)27(20)13-18(28)23-19-16(22)8-5-9-17(19)26-10-2-3-11-26/h4-9,12H,2-3,10-11,13H2,1H3,(H,23,28)(H,25,29). The summed E-state index contributed by atoms with van der Waals surface area (Å²) in [6, 6.07) is 12.7. The first kappa shape index (κ1) is 19.3. The van der Waals surface area contributed by atoms with Crippen LogP contribution in [0.25, 0.3) is 11.4 Å². The molecule has 2 heterocycles. The third-order valence-corrected chi connectivity index (χ3v) is 5.35. The van der Waals surface area contributed by atoms with Crippen molar-refractivity contribution in [3.8, 4) is 11.4 Å². The van der Waals surface area contributed by atoms with Crippen LogP contribution in [0.3, 0.4) is 0 Å². The average molecular weight is 412 g/mol. The summed E-state index contributed by atoms with van der Waals surface area (Å²) >= 11 is 5.31. The van der Waals surface area contributed by atoms with Gasteiger partial charge in [0.25, 0.3) is 0 Å². The molecule has 29 heavy (non-hydrogen) atoms. The first-order valence-electron chi connectivity index (χ1n) is 9.58. The summed E-state index contributed by atoms with van der Waals surface area (Å²) in [4.78, 5) is 14.9. The number of benzene rings is 2. The first-order valence-corrected chi connectivity index (χ1v) is 9.99. The molecule has 0 bridgehead atoms. The van der Waals surface area contributed by atoms with Gasteiger partial charge in [0.2, 0.25) is 5.91 Å². The SMILES string of the molecule is Cc1cccc(-c2n[nH]c(=S)n2CC(=O)Nc2c(F)cccc2N2CCCC2)c1. The van der Waals surface area contributed by atoms with E-state index in [0.717, 1.165) is 37.1 Å². The number of aryl methyl sites for hydroxylation is 1. The number of hydrogen-bond donors (Lipinski definition) is 2. The molecule has 1 aliphatic heterocycles. The minimum absolute atomic E-state index is 0.0631. The zero-order chi connectivity index (χ0) is 20.4. The van der Waals surface area contributed by atoms with E-state index in [1.807, 2.05) is 37.3 Å². The Morgan fingerprint density at radius 2 is 2.00 bits per heavy atom. The van der Waals surface area contributed by atoms with E-state index in [1.165, 1.54) is 6.07 Å². The Kier molecular flexibility index (Phi) is 5.44. The van der Waals surface area contributed by atoms with Crippen LogP contribution in [0.15, 0.2) is 42.5 Å². The molecule has 3 aromatic rings. The molecule has 0 saturated carbocycles. The molecule has 0 unspecified atom stereocenters. The number of hydrogen-bond acceptors (Lipinski definition) is 4. The number of nitrogens with zero attached hydrogens (tertiary/aromatic N) is 3. The monoisotopic (exact) mass is 411 g/mol. The largest absolute Gasteiger partial charge is 0.370 e. The number of para-hydroxylation sites is 1. The molecule has 1 fully saturated rings. The summed E-state index contributed by atoms with van der Waals surface area (Å²) in [7, 11) is 0. The van der Waals surface area contributed by atoms with Crippen molar-refractivity contribution in [1.29, 1.82) is 0 Å². The molecule has 1 aromatic heterocycles. The van der Waals surface area contributed by atoms with E-state index in [2.05, 4.69) is 20.4 Å². The third kappa shape index (κ3) is 4.07. The molecule has 0 atom stereocenters. The van der Waals surface area contributed by atoms with Crippen LogP contribution in [0.1, 0.15) is 18.4 Å². The zero-order valence-electron chi connectivity index (χ0n) is 16.1. The molecular weight excluding hydrogens is 389 g/mol. The van der Waals surface area contributed by atoms with Crippen LogP contribution >= 0.6 is 12.2 Å². The fourth-order valence-corrected chi connectivity index (χ4v) is 3.85. The minimum Gasteiger partial charge on any atom is -0.370 e. The normalized spacial score (nSPS) is 13.7. The summed E-state index contributed by atoms with van der Waals surface area (Å²) < 4.78 is 16.5. The Morgan fingerprint density at radius 1 is 1.24 bits per heavy atom. The number of nitrogens with one attached hydrogen (secondary N) is 2. The molecule has 2 N–H and O–H groups in total. The highest BCUT2D eigenvalue weighted by Crippen LogP contribution is 2.31. The van der Waals surface area contributed by atoms with Crippen LogP contribution < -0.4 is 10.2 Å². The van der Waals surface area contributed by atoms with Crippen molar-refractivity contribution < 1.29 is 9.18 Å². The Bertz CT molecular complexity index is 1100. The molecule has 150 valence electrons. The smallest absolute Gasteiger partial charge is 0.244 e. The fourth-order valence-electron chi connectivity index (χ4n) is 3.65. The quantitative estimate of drug-likeness (QED) is 0.615. The van der Waals surface area contributed by atoms with E-state index in [1.54, 1.807) is 10.6 Å². The fraction of sp³-hybridized carbons (Fsp3) is 0.286. The molecule has 1 aliphatic rings. The second-order valence-electron chi connectivity index (χ2n) is 7.18. The Morgan fingerprint density at radius 3 is 2.76 bits per heavy atom. The number of aromatic amines is 1. The van der Waals surface area contributed by atoms with Crippen LogP contribution in [0.5, 0.6) is 0 Å². The van der Waals surface area contributed by atoms with Gasteiger partial charge in [-0.05, 0) is 50.2 Å². The van der Waals surface area contributed by atoms with Gasteiger partial charge in [0, 0.05) is 18.7 Å². The Labute approximate surface area is 173 Å². The van der Waals surface area contributed by atoms with Gasteiger partial charge in [0.15, 0.2) is 10.6 Å². The van der Waals surface area contributed by atoms with Crippen molar-refractivity contribution in [2.24, 2.45) is 0 Å². The summed E-state index contributed by atoms with van der Waals surface area (Å²) in [5.74, 6) is -0.235. The minimum atomic E-state index is -0.447. The average Bonchev–Trinajstić information content (AvgIpc) is 3.34. The predicted octanol–water partition coefficient (Wildman–Crippen LogP) is 4.29. The van der Waals surface area contributed by atoms with E-state index >= 15 is 0 Å². The van der Waals surface area contributed by atoms with Crippen molar-refractivity contribution in [3.63, 3.8) is 0 Å². The van der Waals surface area contributed by atoms with Gasteiger partial charge in [-0.25, -0.2) is 4.39 Å². The Balaban J connectivity index is 1.59. The molecule has 0 radical (unpaired) electrons. The maximum atomic E-state index is 14.5. The molecule has 0 spiro atoms. The van der Waals surface area contributed by atoms with Crippen LogP contribution in [0.4, 0.5) is 15.8 Å². The van der Waals surface area contributed by atoms with E-state index in [4.69, 9.17) is 12.2 Å². The van der Waals surface area contributed by atoms with Gasteiger partial charge in [-0.3, -0.25) is 14.5 Å². The second-order valence-corrected chi connectivity index (χ2v) is 7.57. The van der Waals surface area contributed by atoms with Crippen molar-refractivity contribution in [1.82, 2.24) is 14.8 Å². The highest BCUT2D eigenvalue weighted by atomic mass is 32.1. The number of rotatable bonds is 5. The highest BCUT2D eigenvalue weighted by molar-refractivity contribution is 7.71. The van der Waals surface area contributed by atoms with Crippen molar-refractivity contribution in [2.75, 3.05) is 23.3 Å². The van der Waals surface area contributed by atoms with E-state index in [-0.39, 0.29) is 18.1 Å². The molecule has 1 amide bonds. The summed E-state index contributed by atoms with van der Waals surface area (Å²) in [5.41, 5.74) is 2.86. The van der Waals surface area contributed by atoms with Crippen molar-refractivity contribution in [2.45, 2.75) is 26.3 Å². The van der Waals surface area contributed by atoms with Gasteiger partial charge in [-0.15, -0.1) is 0 Å². The number of anilines is 2. The number of H-pyrrole nitrogens is 1. The topological polar surface area (TPSA) is 66.0 Å². The van der Waals surface area contributed by atoms with Gasteiger partial charge in [-0.1, -0.05) is 29.8 Å². The maximum absolute atomic E-state index is 14.5. The summed E-state index contributed by atoms with van der Waals surface area (Å²) in [6.45, 7) is 3.64. The lowest BCUT2D eigenvalue weighted by atomic mass is 10.1.